The van der Waals surface area contributed by atoms with Gasteiger partial charge >= 0.3 is 0 Å². The minimum absolute atomic E-state index is 0.0807. The van der Waals surface area contributed by atoms with Crippen molar-refractivity contribution in [3.05, 3.63) is 0 Å². The SMILES string of the molecule is CC(C)(C)C1CC(S(C)(=O)=O)NC1C(C)(C)C. The number of sulfone groups is 1. The van der Waals surface area contributed by atoms with Crippen LogP contribution in [0.4, 0.5) is 0 Å². The molecule has 0 aromatic carbocycles. The second-order valence-electron chi connectivity index (χ2n) is 7.54. The van der Waals surface area contributed by atoms with E-state index >= 15 is 0 Å². The summed E-state index contributed by atoms with van der Waals surface area (Å²) in [6, 6.07) is 0.252. The summed E-state index contributed by atoms with van der Waals surface area (Å²) in [7, 11) is -3.00. The first-order valence-corrected chi connectivity index (χ1v) is 8.24. The van der Waals surface area contributed by atoms with Crippen LogP contribution in [-0.2, 0) is 9.84 Å². The predicted molar refractivity (Wildman–Crippen MR) is 72.6 cm³/mol. The molecule has 0 aliphatic carbocycles. The van der Waals surface area contributed by atoms with Crippen LogP contribution >= 0.6 is 0 Å². The maximum Gasteiger partial charge on any atom is 0.163 e. The lowest BCUT2D eigenvalue weighted by Gasteiger charge is -2.39. The second kappa shape index (κ2) is 4.23. The van der Waals surface area contributed by atoms with Crippen LogP contribution in [0, 0.1) is 16.7 Å². The molecule has 1 fully saturated rings. The molecule has 102 valence electrons. The van der Waals surface area contributed by atoms with Crippen molar-refractivity contribution in [2.75, 3.05) is 6.26 Å². The average molecular weight is 261 g/mol. The second-order valence-corrected chi connectivity index (χ2v) is 9.76. The summed E-state index contributed by atoms with van der Waals surface area (Å²) < 4.78 is 23.4. The van der Waals surface area contributed by atoms with Crippen molar-refractivity contribution < 1.29 is 8.42 Å². The molecule has 1 saturated heterocycles. The van der Waals surface area contributed by atoms with Gasteiger partial charge in [-0.1, -0.05) is 41.5 Å². The molecule has 0 aromatic heterocycles. The summed E-state index contributed by atoms with van der Waals surface area (Å²) in [4.78, 5) is 0. The van der Waals surface area contributed by atoms with E-state index in [1.807, 2.05) is 0 Å². The molecule has 0 saturated carbocycles. The van der Waals surface area contributed by atoms with Crippen molar-refractivity contribution in [2.24, 2.45) is 16.7 Å². The molecule has 1 aliphatic heterocycles. The maximum absolute atomic E-state index is 11.7. The third-order valence-corrected chi connectivity index (χ3v) is 5.16. The van der Waals surface area contributed by atoms with E-state index in [9.17, 15) is 8.42 Å². The highest BCUT2D eigenvalue weighted by Gasteiger charge is 2.47. The number of nitrogens with one attached hydrogen (secondary N) is 1. The number of hydrogen-bond donors (Lipinski definition) is 1. The fraction of sp³-hybridized carbons (Fsp3) is 1.00. The first kappa shape index (κ1) is 15.0. The lowest BCUT2D eigenvalue weighted by molar-refractivity contribution is 0.142. The van der Waals surface area contributed by atoms with Crippen LogP contribution in [0.2, 0.25) is 0 Å². The van der Waals surface area contributed by atoms with Crippen LogP contribution in [0.15, 0.2) is 0 Å². The van der Waals surface area contributed by atoms with Crippen molar-refractivity contribution in [1.82, 2.24) is 5.32 Å². The van der Waals surface area contributed by atoms with Crippen LogP contribution in [0.1, 0.15) is 48.0 Å². The molecule has 0 amide bonds. The monoisotopic (exact) mass is 261 g/mol. The zero-order valence-corrected chi connectivity index (χ0v) is 13.0. The molecule has 0 bridgehead atoms. The molecule has 1 heterocycles. The van der Waals surface area contributed by atoms with Crippen molar-refractivity contribution >= 4 is 9.84 Å². The van der Waals surface area contributed by atoms with Gasteiger partial charge in [0.2, 0.25) is 0 Å². The third kappa shape index (κ3) is 3.44. The molecule has 3 unspecified atom stereocenters. The lowest BCUT2D eigenvalue weighted by Crippen LogP contribution is -2.46. The van der Waals surface area contributed by atoms with E-state index in [4.69, 9.17) is 0 Å². The van der Waals surface area contributed by atoms with Gasteiger partial charge in [-0.25, -0.2) is 8.42 Å². The summed E-state index contributed by atoms with van der Waals surface area (Å²) >= 11 is 0. The Hall–Kier alpha value is -0.0900. The smallest absolute Gasteiger partial charge is 0.163 e. The summed E-state index contributed by atoms with van der Waals surface area (Å²) in [5.74, 6) is 0.391. The molecular formula is C13H27NO2S. The van der Waals surface area contributed by atoms with Gasteiger partial charge in [-0.05, 0) is 23.2 Å². The van der Waals surface area contributed by atoms with E-state index in [1.54, 1.807) is 0 Å². The Kier molecular flexibility index (Phi) is 3.73. The van der Waals surface area contributed by atoms with Gasteiger partial charge in [0.25, 0.3) is 0 Å². The molecule has 0 aromatic rings. The van der Waals surface area contributed by atoms with Gasteiger partial charge < -0.3 is 0 Å². The fourth-order valence-electron chi connectivity index (χ4n) is 2.76. The minimum atomic E-state index is -3.00. The highest BCUT2D eigenvalue weighted by Crippen LogP contribution is 2.43. The predicted octanol–water partition coefficient (Wildman–Crippen LogP) is 2.43. The lowest BCUT2D eigenvalue weighted by atomic mass is 9.69. The largest absolute Gasteiger partial charge is 0.298 e. The highest BCUT2D eigenvalue weighted by molar-refractivity contribution is 7.91. The van der Waals surface area contributed by atoms with Gasteiger partial charge in [0.1, 0.15) is 5.37 Å². The Morgan fingerprint density at radius 3 is 1.71 bits per heavy atom. The molecule has 0 spiro atoms. The molecule has 4 heteroatoms. The average Bonchev–Trinajstić information content (AvgIpc) is 2.42. The van der Waals surface area contributed by atoms with Gasteiger partial charge in [0.15, 0.2) is 9.84 Å². The van der Waals surface area contributed by atoms with Gasteiger partial charge in [0.05, 0.1) is 0 Å². The Labute approximate surface area is 106 Å². The van der Waals surface area contributed by atoms with Crippen molar-refractivity contribution in [3.63, 3.8) is 0 Å². The summed E-state index contributed by atoms with van der Waals surface area (Å²) in [6.45, 7) is 13.1. The van der Waals surface area contributed by atoms with E-state index in [0.717, 1.165) is 6.42 Å². The Balaban J connectivity index is 3.04. The molecule has 1 rings (SSSR count). The minimum Gasteiger partial charge on any atom is -0.298 e. The molecule has 3 atom stereocenters. The zero-order chi connectivity index (χ0) is 13.6. The van der Waals surface area contributed by atoms with Gasteiger partial charge in [0, 0.05) is 12.3 Å². The Bertz CT molecular complexity index is 351. The maximum atomic E-state index is 11.7. The van der Waals surface area contributed by atoms with E-state index in [-0.39, 0.29) is 22.2 Å². The van der Waals surface area contributed by atoms with Crippen LogP contribution in [0.5, 0.6) is 0 Å². The Morgan fingerprint density at radius 2 is 1.47 bits per heavy atom. The topological polar surface area (TPSA) is 46.2 Å². The molecule has 1 aliphatic rings. The summed E-state index contributed by atoms with van der Waals surface area (Å²) in [5, 5.41) is 2.96. The van der Waals surface area contributed by atoms with Crippen LogP contribution in [-0.4, -0.2) is 26.1 Å². The van der Waals surface area contributed by atoms with E-state index in [2.05, 4.69) is 46.9 Å². The van der Waals surface area contributed by atoms with Crippen LogP contribution in [0.3, 0.4) is 0 Å². The van der Waals surface area contributed by atoms with Crippen molar-refractivity contribution in [3.8, 4) is 0 Å². The standard InChI is InChI=1S/C13H27NO2S/c1-12(2,3)9-8-10(17(7,15)16)14-11(9)13(4,5)6/h9-11,14H,8H2,1-7H3. The molecule has 3 nitrogen and oxygen atoms in total. The summed E-state index contributed by atoms with van der Waals surface area (Å²) in [6.07, 6.45) is 2.06. The fourth-order valence-corrected chi connectivity index (χ4v) is 3.71. The van der Waals surface area contributed by atoms with Gasteiger partial charge in [-0.2, -0.15) is 0 Å². The third-order valence-electron chi connectivity index (χ3n) is 3.80. The van der Waals surface area contributed by atoms with Crippen molar-refractivity contribution in [2.45, 2.75) is 59.4 Å². The number of rotatable bonds is 1. The normalized spacial score (nSPS) is 31.8. The quantitative estimate of drug-likeness (QED) is 0.788. The molecule has 1 N–H and O–H groups in total. The van der Waals surface area contributed by atoms with E-state index in [1.165, 1.54) is 6.26 Å². The van der Waals surface area contributed by atoms with Crippen LogP contribution < -0.4 is 5.32 Å². The molecular weight excluding hydrogens is 234 g/mol. The number of hydrogen-bond acceptors (Lipinski definition) is 3. The molecule has 17 heavy (non-hydrogen) atoms. The zero-order valence-electron chi connectivity index (χ0n) is 12.2. The molecule has 0 radical (unpaired) electrons. The van der Waals surface area contributed by atoms with E-state index in [0.29, 0.717) is 5.92 Å². The Morgan fingerprint density at radius 1 is 1.00 bits per heavy atom. The first-order valence-electron chi connectivity index (χ1n) is 6.28. The van der Waals surface area contributed by atoms with Crippen molar-refractivity contribution in [1.29, 1.82) is 0 Å². The summed E-state index contributed by atoms with van der Waals surface area (Å²) in [5.41, 5.74) is 0.210. The first-order chi connectivity index (χ1) is 7.33. The highest BCUT2D eigenvalue weighted by atomic mass is 32.2. The van der Waals surface area contributed by atoms with Crippen LogP contribution in [0.25, 0.3) is 0 Å². The van der Waals surface area contributed by atoms with Gasteiger partial charge in [-0.15, -0.1) is 0 Å². The van der Waals surface area contributed by atoms with Gasteiger partial charge in [-0.3, -0.25) is 5.32 Å². The van der Waals surface area contributed by atoms with E-state index < -0.39 is 9.84 Å².